The topological polar surface area (TPSA) is 96.8 Å². The number of fused-ring (bicyclic) bond motifs is 1. The molecule has 0 atom stereocenters. The average molecular weight is 370 g/mol. The molecular formula is C15H17F3N6O2. The van der Waals surface area contributed by atoms with Crippen molar-refractivity contribution in [1.82, 2.24) is 24.4 Å². The summed E-state index contributed by atoms with van der Waals surface area (Å²) in [6.45, 7) is -0.0902. The van der Waals surface area contributed by atoms with Gasteiger partial charge >= 0.3 is 6.18 Å². The van der Waals surface area contributed by atoms with E-state index in [1.807, 2.05) is 0 Å². The molecule has 140 valence electrons. The van der Waals surface area contributed by atoms with Gasteiger partial charge in [0.2, 0.25) is 0 Å². The first kappa shape index (κ1) is 18.1. The van der Waals surface area contributed by atoms with E-state index in [4.69, 9.17) is 5.73 Å². The van der Waals surface area contributed by atoms with Crippen LogP contribution in [0.4, 0.5) is 13.2 Å². The van der Waals surface area contributed by atoms with Crippen molar-refractivity contribution < 1.29 is 22.8 Å². The van der Waals surface area contributed by atoms with Gasteiger partial charge in [0.05, 0.1) is 12.7 Å². The Hall–Kier alpha value is -2.69. The van der Waals surface area contributed by atoms with Gasteiger partial charge < -0.3 is 10.6 Å². The van der Waals surface area contributed by atoms with Gasteiger partial charge in [0, 0.05) is 32.4 Å². The van der Waals surface area contributed by atoms with Crippen molar-refractivity contribution in [1.29, 1.82) is 0 Å². The van der Waals surface area contributed by atoms with E-state index in [1.54, 1.807) is 0 Å². The fourth-order valence-corrected chi connectivity index (χ4v) is 2.97. The largest absolute Gasteiger partial charge is 0.401 e. The van der Waals surface area contributed by atoms with Gasteiger partial charge in [-0.05, 0) is 12.5 Å². The number of hydrogen-bond acceptors (Lipinski definition) is 5. The third-order valence-electron chi connectivity index (χ3n) is 4.16. The number of aromatic nitrogens is 3. The molecule has 1 aliphatic rings. The lowest BCUT2D eigenvalue weighted by Gasteiger charge is -2.22. The van der Waals surface area contributed by atoms with E-state index in [1.165, 1.54) is 32.8 Å². The molecule has 0 aliphatic carbocycles. The highest BCUT2D eigenvalue weighted by Gasteiger charge is 2.32. The zero-order valence-electron chi connectivity index (χ0n) is 13.7. The number of alkyl halides is 3. The number of primary amides is 1. The van der Waals surface area contributed by atoms with Crippen molar-refractivity contribution in [3.8, 4) is 0 Å². The van der Waals surface area contributed by atoms with E-state index in [0.717, 1.165) is 0 Å². The highest BCUT2D eigenvalue weighted by Crippen LogP contribution is 2.18. The number of carbonyl (C=O) groups is 2. The third-order valence-corrected chi connectivity index (χ3v) is 4.16. The van der Waals surface area contributed by atoms with Crippen molar-refractivity contribution in [3.05, 3.63) is 29.7 Å². The van der Waals surface area contributed by atoms with Crippen LogP contribution in [0.5, 0.6) is 0 Å². The fourth-order valence-electron chi connectivity index (χ4n) is 2.97. The number of halogens is 3. The van der Waals surface area contributed by atoms with Crippen LogP contribution in [0.3, 0.4) is 0 Å². The summed E-state index contributed by atoms with van der Waals surface area (Å²) in [7, 11) is 0. The van der Waals surface area contributed by atoms with E-state index < -0.39 is 18.6 Å². The van der Waals surface area contributed by atoms with Crippen molar-refractivity contribution in [3.63, 3.8) is 0 Å². The normalized spacial score (nSPS) is 16.7. The quantitative estimate of drug-likeness (QED) is 0.851. The van der Waals surface area contributed by atoms with Gasteiger partial charge in [0.25, 0.3) is 11.8 Å². The molecule has 1 fully saturated rings. The van der Waals surface area contributed by atoms with E-state index in [2.05, 4.69) is 10.1 Å². The Balaban J connectivity index is 1.79. The number of nitrogens with zero attached hydrogens (tertiary/aromatic N) is 5. The molecule has 3 heterocycles. The van der Waals surface area contributed by atoms with Crippen LogP contribution in [0.2, 0.25) is 0 Å². The molecule has 0 radical (unpaired) electrons. The van der Waals surface area contributed by atoms with Gasteiger partial charge in [0.1, 0.15) is 11.3 Å². The number of carbonyl (C=O) groups excluding carboxylic acids is 2. The molecule has 3 rings (SSSR count). The van der Waals surface area contributed by atoms with Gasteiger partial charge in [-0.15, -0.1) is 0 Å². The van der Waals surface area contributed by atoms with Gasteiger partial charge in [-0.1, -0.05) is 0 Å². The maximum Gasteiger partial charge on any atom is 0.401 e. The van der Waals surface area contributed by atoms with Crippen LogP contribution in [0, 0.1) is 0 Å². The molecule has 0 unspecified atom stereocenters. The maximum atomic E-state index is 12.8. The van der Waals surface area contributed by atoms with Crippen LogP contribution in [0.15, 0.2) is 18.5 Å². The summed E-state index contributed by atoms with van der Waals surface area (Å²) in [5.41, 5.74) is 5.68. The summed E-state index contributed by atoms with van der Waals surface area (Å²) >= 11 is 0. The Morgan fingerprint density at radius 2 is 1.96 bits per heavy atom. The monoisotopic (exact) mass is 370 g/mol. The molecule has 1 aliphatic heterocycles. The molecule has 2 aromatic heterocycles. The Kier molecular flexibility index (Phi) is 4.81. The molecular weight excluding hydrogens is 353 g/mol. The van der Waals surface area contributed by atoms with Crippen LogP contribution in [0.25, 0.3) is 5.65 Å². The maximum absolute atomic E-state index is 12.8. The standard InChI is InChI=1S/C15H17F3N6O2/c16-15(17,18)9-22-4-1-5-23(7-6-22)14(26)11-2-3-20-13-10(12(19)25)8-21-24(11)13/h2-3,8H,1,4-7,9H2,(H2,19,25). The lowest BCUT2D eigenvalue weighted by Crippen LogP contribution is -2.39. The Labute approximate surface area is 146 Å². The van der Waals surface area contributed by atoms with Crippen molar-refractivity contribution in [2.45, 2.75) is 12.6 Å². The second-order valence-electron chi connectivity index (χ2n) is 6.03. The molecule has 2 aromatic rings. The van der Waals surface area contributed by atoms with Crippen molar-refractivity contribution in [2.75, 3.05) is 32.7 Å². The molecule has 26 heavy (non-hydrogen) atoms. The predicted octanol–water partition coefficient (Wildman–Crippen LogP) is 0.538. The second kappa shape index (κ2) is 6.90. The molecule has 0 bridgehead atoms. The zero-order chi connectivity index (χ0) is 18.9. The lowest BCUT2D eigenvalue weighted by molar-refractivity contribution is -0.145. The number of hydrogen-bond donors (Lipinski definition) is 1. The Bertz CT molecular complexity index is 834. The molecule has 2 amide bonds. The van der Waals surface area contributed by atoms with Gasteiger partial charge in [-0.3, -0.25) is 14.5 Å². The first-order valence-electron chi connectivity index (χ1n) is 7.97. The van der Waals surface area contributed by atoms with Crippen molar-refractivity contribution >= 4 is 17.5 Å². The highest BCUT2D eigenvalue weighted by molar-refractivity contribution is 5.99. The molecule has 0 aromatic carbocycles. The van der Waals surface area contributed by atoms with Gasteiger partial charge in [-0.25, -0.2) is 9.50 Å². The first-order chi connectivity index (χ1) is 12.3. The van der Waals surface area contributed by atoms with Crippen LogP contribution in [-0.2, 0) is 0 Å². The molecule has 0 spiro atoms. The van der Waals surface area contributed by atoms with E-state index in [9.17, 15) is 22.8 Å². The fraction of sp³-hybridized carbons (Fsp3) is 0.467. The van der Waals surface area contributed by atoms with Crippen LogP contribution < -0.4 is 5.73 Å². The smallest absolute Gasteiger partial charge is 0.365 e. The van der Waals surface area contributed by atoms with E-state index in [-0.39, 0.29) is 42.4 Å². The minimum absolute atomic E-state index is 0.0897. The van der Waals surface area contributed by atoms with Crippen LogP contribution in [0.1, 0.15) is 27.3 Å². The van der Waals surface area contributed by atoms with Gasteiger partial charge in [-0.2, -0.15) is 18.3 Å². The average Bonchev–Trinajstić information content (AvgIpc) is 2.87. The second-order valence-corrected chi connectivity index (χ2v) is 6.03. The lowest BCUT2D eigenvalue weighted by atomic mass is 10.3. The van der Waals surface area contributed by atoms with Crippen LogP contribution >= 0.6 is 0 Å². The zero-order valence-corrected chi connectivity index (χ0v) is 13.7. The molecule has 0 saturated carbocycles. The summed E-state index contributed by atoms with van der Waals surface area (Å²) in [6.07, 6.45) is -1.24. The van der Waals surface area contributed by atoms with Crippen molar-refractivity contribution in [2.24, 2.45) is 5.73 Å². The minimum Gasteiger partial charge on any atom is -0.365 e. The summed E-state index contributed by atoms with van der Waals surface area (Å²) in [5, 5.41) is 3.99. The molecule has 11 heteroatoms. The summed E-state index contributed by atoms with van der Waals surface area (Å²) in [5.74, 6) is -1.10. The number of rotatable bonds is 3. The van der Waals surface area contributed by atoms with Gasteiger partial charge in [0.15, 0.2) is 5.65 Å². The minimum atomic E-state index is -4.27. The summed E-state index contributed by atoms with van der Waals surface area (Å²) < 4.78 is 38.9. The molecule has 1 saturated heterocycles. The molecule has 8 nitrogen and oxygen atoms in total. The Morgan fingerprint density at radius 1 is 1.19 bits per heavy atom. The number of amides is 2. The first-order valence-corrected chi connectivity index (χ1v) is 7.97. The highest BCUT2D eigenvalue weighted by atomic mass is 19.4. The Morgan fingerprint density at radius 3 is 2.65 bits per heavy atom. The summed E-state index contributed by atoms with van der Waals surface area (Å²) in [6, 6.07) is 1.45. The number of nitrogens with two attached hydrogens (primary N) is 1. The van der Waals surface area contributed by atoms with E-state index in [0.29, 0.717) is 13.0 Å². The third kappa shape index (κ3) is 3.77. The van der Waals surface area contributed by atoms with E-state index >= 15 is 0 Å². The summed E-state index contributed by atoms with van der Waals surface area (Å²) in [4.78, 5) is 31.0. The van der Waals surface area contributed by atoms with Crippen LogP contribution in [-0.4, -0.2) is 75.1 Å². The predicted molar refractivity (Wildman–Crippen MR) is 84.5 cm³/mol. The molecule has 2 N–H and O–H groups in total. The SMILES string of the molecule is NC(=O)c1cnn2c(C(=O)N3CCCN(CC(F)(F)F)CC3)ccnc12.